The first-order valence-corrected chi connectivity index (χ1v) is 11.9. The van der Waals surface area contributed by atoms with Crippen LogP contribution in [0.3, 0.4) is 0 Å². The van der Waals surface area contributed by atoms with Crippen LogP contribution in [-0.4, -0.2) is 45.2 Å². The number of carbonyl (C=O) groups excluding carboxylic acids is 2. The van der Waals surface area contributed by atoms with Crippen LogP contribution in [-0.2, 0) is 21.4 Å². The molecule has 2 amide bonds. The highest BCUT2D eigenvalue weighted by atomic mass is 19.2. The second kappa shape index (κ2) is 10.5. The van der Waals surface area contributed by atoms with Gasteiger partial charge in [0.2, 0.25) is 11.8 Å². The second-order valence-electron chi connectivity index (χ2n) is 11.1. The summed E-state index contributed by atoms with van der Waals surface area (Å²) < 4.78 is 52.2. The van der Waals surface area contributed by atoms with Crippen LogP contribution in [0.5, 0.6) is 0 Å². The van der Waals surface area contributed by atoms with Crippen molar-refractivity contribution in [3.05, 3.63) is 46.9 Å². The molecule has 0 saturated carbocycles. The molecule has 36 heavy (non-hydrogen) atoms. The minimum absolute atomic E-state index is 0.174. The van der Waals surface area contributed by atoms with Crippen LogP contribution in [0.1, 0.15) is 84.1 Å². The van der Waals surface area contributed by atoms with E-state index in [4.69, 9.17) is 9.26 Å². The van der Waals surface area contributed by atoms with Gasteiger partial charge in [0.1, 0.15) is 17.5 Å². The first kappa shape index (κ1) is 27.5. The minimum atomic E-state index is -1.32. The minimum Gasteiger partial charge on any atom is -0.444 e. The van der Waals surface area contributed by atoms with Gasteiger partial charge >= 0.3 is 6.09 Å². The number of nitrogens with zero attached hydrogens (tertiary/aromatic N) is 3. The topological polar surface area (TPSA) is 97.6 Å². The number of likely N-dealkylation sites (tertiary alicyclic amines) is 1. The molecule has 0 aliphatic carbocycles. The Morgan fingerprint density at radius 3 is 2.42 bits per heavy atom. The van der Waals surface area contributed by atoms with E-state index in [1.165, 1.54) is 0 Å². The molecule has 1 aliphatic rings. The molecule has 1 saturated heterocycles. The summed E-state index contributed by atoms with van der Waals surface area (Å²) in [6, 6.07) is -0.205. The number of amides is 2. The van der Waals surface area contributed by atoms with E-state index in [0.717, 1.165) is 6.07 Å². The van der Waals surface area contributed by atoms with Gasteiger partial charge in [0, 0.05) is 30.5 Å². The standard InChI is InChI=1S/C25H33F3N4O4/c1-24(2,3)22-30-21(36-31-22)19-8-7-9-32(19)20(33)12-15(29-23(34)35-25(4,5)6)10-14-11-17(27)18(28)13-16(14)26/h11,13,15,19H,7-10,12H2,1-6H3,(H,29,34)/t15-,19+/m1/s1. The van der Waals surface area contributed by atoms with Crippen molar-refractivity contribution in [2.75, 3.05) is 6.54 Å². The van der Waals surface area contributed by atoms with Gasteiger partial charge in [0.05, 0.1) is 0 Å². The number of benzene rings is 1. The maximum atomic E-state index is 14.3. The lowest BCUT2D eigenvalue weighted by Gasteiger charge is -2.27. The number of rotatable bonds is 6. The molecule has 3 rings (SSSR count). The summed E-state index contributed by atoms with van der Waals surface area (Å²) in [4.78, 5) is 31.8. The summed E-state index contributed by atoms with van der Waals surface area (Å²) in [6.45, 7) is 11.3. The Kier molecular flexibility index (Phi) is 8.00. The van der Waals surface area contributed by atoms with E-state index >= 15 is 0 Å². The normalized spacial score (nSPS) is 17.2. The molecule has 1 aromatic heterocycles. The smallest absolute Gasteiger partial charge is 0.407 e. The van der Waals surface area contributed by atoms with Crippen LogP contribution in [0.4, 0.5) is 18.0 Å². The fraction of sp³-hybridized carbons (Fsp3) is 0.600. The molecule has 2 heterocycles. The average molecular weight is 511 g/mol. The average Bonchev–Trinajstić information content (AvgIpc) is 3.39. The third-order valence-electron chi connectivity index (χ3n) is 5.67. The molecular formula is C25H33F3N4O4. The molecular weight excluding hydrogens is 477 g/mol. The molecule has 1 fully saturated rings. The van der Waals surface area contributed by atoms with Crippen LogP contribution in [0.25, 0.3) is 0 Å². The SMILES string of the molecule is CC(C)(C)OC(=O)N[C@@H](CC(=O)N1CCC[C@H]1c1nc(C(C)(C)C)no1)Cc1cc(F)c(F)cc1F. The molecule has 1 N–H and O–H groups in total. The fourth-order valence-corrected chi connectivity index (χ4v) is 3.96. The lowest BCUT2D eigenvalue weighted by atomic mass is 9.96. The van der Waals surface area contributed by atoms with E-state index in [2.05, 4.69) is 15.5 Å². The van der Waals surface area contributed by atoms with Crippen LogP contribution in [0, 0.1) is 17.5 Å². The van der Waals surface area contributed by atoms with Crippen LogP contribution < -0.4 is 5.32 Å². The Labute approximate surface area is 208 Å². The highest BCUT2D eigenvalue weighted by Crippen LogP contribution is 2.33. The van der Waals surface area contributed by atoms with Gasteiger partial charge in [0.15, 0.2) is 17.5 Å². The lowest BCUT2D eigenvalue weighted by Crippen LogP contribution is -2.44. The molecule has 0 spiro atoms. The van der Waals surface area contributed by atoms with E-state index in [0.29, 0.717) is 37.2 Å². The van der Waals surface area contributed by atoms with Crippen LogP contribution >= 0.6 is 0 Å². The Bertz CT molecular complexity index is 1110. The van der Waals surface area contributed by atoms with E-state index in [-0.39, 0.29) is 29.7 Å². The van der Waals surface area contributed by atoms with Gasteiger partial charge in [-0.2, -0.15) is 4.98 Å². The number of ether oxygens (including phenoxy) is 1. The monoisotopic (exact) mass is 510 g/mol. The predicted molar refractivity (Wildman–Crippen MR) is 124 cm³/mol. The second-order valence-corrected chi connectivity index (χ2v) is 11.1. The van der Waals surface area contributed by atoms with Crippen molar-refractivity contribution in [1.82, 2.24) is 20.4 Å². The fourth-order valence-electron chi connectivity index (χ4n) is 3.96. The quantitative estimate of drug-likeness (QED) is 0.551. The Balaban J connectivity index is 1.80. The lowest BCUT2D eigenvalue weighted by molar-refractivity contribution is -0.133. The summed E-state index contributed by atoms with van der Waals surface area (Å²) in [7, 11) is 0. The molecule has 0 unspecified atom stereocenters. The van der Waals surface area contributed by atoms with Gasteiger partial charge in [-0.15, -0.1) is 0 Å². The highest BCUT2D eigenvalue weighted by Gasteiger charge is 2.36. The third-order valence-corrected chi connectivity index (χ3v) is 5.67. The zero-order valence-corrected chi connectivity index (χ0v) is 21.5. The Morgan fingerprint density at radius 2 is 1.81 bits per heavy atom. The van der Waals surface area contributed by atoms with Crippen molar-refractivity contribution in [2.24, 2.45) is 0 Å². The zero-order valence-electron chi connectivity index (χ0n) is 21.5. The van der Waals surface area contributed by atoms with E-state index in [9.17, 15) is 22.8 Å². The number of halogens is 3. The van der Waals surface area contributed by atoms with Crippen molar-refractivity contribution in [3.63, 3.8) is 0 Å². The van der Waals surface area contributed by atoms with E-state index in [1.807, 2.05) is 20.8 Å². The van der Waals surface area contributed by atoms with Crippen molar-refractivity contribution >= 4 is 12.0 Å². The number of carbonyl (C=O) groups is 2. The molecule has 0 radical (unpaired) electrons. The van der Waals surface area contributed by atoms with Crippen molar-refractivity contribution in [1.29, 1.82) is 0 Å². The molecule has 2 atom stereocenters. The predicted octanol–water partition coefficient (Wildman–Crippen LogP) is 4.97. The molecule has 2 aromatic rings. The van der Waals surface area contributed by atoms with E-state index < -0.39 is 41.2 Å². The number of aromatic nitrogens is 2. The molecule has 1 aromatic carbocycles. The van der Waals surface area contributed by atoms with Gasteiger partial charge in [0.25, 0.3) is 0 Å². The van der Waals surface area contributed by atoms with Gasteiger partial charge < -0.3 is 19.5 Å². The summed E-state index contributed by atoms with van der Waals surface area (Å²) >= 11 is 0. The van der Waals surface area contributed by atoms with Gasteiger partial charge in [-0.25, -0.2) is 18.0 Å². The first-order chi connectivity index (χ1) is 16.6. The highest BCUT2D eigenvalue weighted by molar-refractivity contribution is 5.78. The van der Waals surface area contributed by atoms with Crippen LogP contribution in [0.2, 0.25) is 0 Å². The van der Waals surface area contributed by atoms with Crippen molar-refractivity contribution < 1.29 is 32.0 Å². The summed E-state index contributed by atoms with van der Waals surface area (Å²) in [5.41, 5.74) is -1.31. The number of hydrogen-bond donors (Lipinski definition) is 1. The van der Waals surface area contributed by atoms with Gasteiger partial charge in [-0.1, -0.05) is 25.9 Å². The molecule has 0 bridgehead atoms. The van der Waals surface area contributed by atoms with Crippen molar-refractivity contribution in [3.8, 4) is 0 Å². The molecule has 11 heteroatoms. The number of alkyl carbamates (subject to hydrolysis) is 1. The summed E-state index contributed by atoms with van der Waals surface area (Å²) in [6.07, 6.45) is 0.0498. The number of nitrogens with one attached hydrogen (secondary N) is 1. The van der Waals surface area contributed by atoms with Gasteiger partial charge in [-0.3, -0.25) is 4.79 Å². The maximum absolute atomic E-state index is 14.3. The molecule has 8 nitrogen and oxygen atoms in total. The molecule has 1 aliphatic heterocycles. The first-order valence-electron chi connectivity index (χ1n) is 11.9. The van der Waals surface area contributed by atoms with Crippen LogP contribution in [0.15, 0.2) is 16.7 Å². The Morgan fingerprint density at radius 1 is 1.14 bits per heavy atom. The third kappa shape index (κ3) is 6.98. The Hall–Kier alpha value is -3.11. The largest absolute Gasteiger partial charge is 0.444 e. The maximum Gasteiger partial charge on any atom is 0.407 e. The van der Waals surface area contributed by atoms with Gasteiger partial charge in [-0.05, 0) is 51.7 Å². The number of hydrogen-bond acceptors (Lipinski definition) is 6. The summed E-state index contributed by atoms with van der Waals surface area (Å²) in [5, 5.41) is 6.61. The molecule has 198 valence electrons. The zero-order chi connectivity index (χ0) is 26.8. The van der Waals surface area contributed by atoms with Crippen molar-refractivity contribution in [2.45, 2.75) is 90.3 Å². The summed E-state index contributed by atoms with van der Waals surface area (Å²) in [5.74, 6) is -3.00. The van der Waals surface area contributed by atoms with E-state index in [1.54, 1.807) is 25.7 Å².